The zero-order chi connectivity index (χ0) is 16.1. The van der Waals surface area contributed by atoms with E-state index in [1.54, 1.807) is 11.3 Å². The molecular formula is C15H17F2N3OS. The summed E-state index contributed by atoms with van der Waals surface area (Å²) in [5.74, 6) is -1.47. The van der Waals surface area contributed by atoms with E-state index in [1.807, 2.05) is 35.8 Å². The van der Waals surface area contributed by atoms with Crippen LogP contribution < -0.4 is 10.6 Å². The summed E-state index contributed by atoms with van der Waals surface area (Å²) in [6.07, 6.45) is 0. The van der Waals surface area contributed by atoms with E-state index in [-0.39, 0.29) is 11.7 Å². The highest BCUT2D eigenvalue weighted by Crippen LogP contribution is 2.20. The van der Waals surface area contributed by atoms with Gasteiger partial charge in [-0.25, -0.2) is 13.6 Å². The van der Waals surface area contributed by atoms with Crippen LogP contribution in [0.1, 0.15) is 11.6 Å². The standard InChI is InChI=1S/C15H17F2N3OS/c1-20(2)14(10-3-4-22-9-10)8-18-15(21)19-13-6-11(16)5-12(17)7-13/h3-7,9,14H,8H2,1-2H3,(H2,18,19,21)/t14-/m0/s1. The van der Waals surface area contributed by atoms with Crippen LogP contribution in [0.4, 0.5) is 19.3 Å². The number of likely N-dealkylation sites (N-methyl/N-ethyl adjacent to an activating group) is 1. The zero-order valence-electron chi connectivity index (χ0n) is 12.3. The normalized spacial score (nSPS) is 12.2. The molecule has 118 valence electrons. The highest BCUT2D eigenvalue weighted by Gasteiger charge is 2.15. The number of carbonyl (C=O) groups excluding carboxylic acids is 1. The number of nitrogens with zero attached hydrogens (tertiary/aromatic N) is 1. The van der Waals surface area contributed by atoms with Gasteiger partial charge in [-0.1, -0.05) is 0 Å². The van der Waals surface area contributed by atoms with Crippen LogP contribution in [-0.2, 0) is 0 Å². The number of anilines is 1. The molecule has 4 nitrogen and oxygen atoms in total. The molecule has 0 aliphatic carbocycles. The van der Waals surface area contributed by atoms with Crippen molar-refractivity contribution in [2.45, 2.75) is 6.04 Å². The third kappa shape index (κ3) is 4.51. The number of hydrogen-bond donors (Lipinski definition) is 2. The van der Waals surface area contributed by atoms with Gasteiger partial charge < -0.3 is 15.5 Å². The molecule has 0 aliphatic heterocycles. The first-order valence-electron chi connectivity index (χ1n) is 6.65. The predicted molar refractivity (Wildman–Crippen MR) is 84.1 cm³/mol. The monoisotopic (exact) mass is 325 g/mol. The van der Waals surface area contributed by atoms with Crippen molar-refractivity contribution in [2.24, 2.45) is 0 Å². The molecule has 2 amide bonds. The number of urea groups is 1. The Labute approximate surface area is 131 Å². The fraction of sp³-hybridized carbons (Fsp3) is 0.267. The maximum atomic E-state index is 13.1. The lowest BCUT2D eigenvalue weighted by Crippen LogP contribution is -2.36. The van der Waals surface area contributed by atoms with Crippen LogP contribution in [0.2, 0.25) is 0 Å². The molecule has 7 heteroatoms. The molecule has 0 saturated heterocycles. The third-order valence-corrected chi connectivity index (χ3v) is 3.83. The van der Waals surface area contributed by atoms with Crippen molar-refractivity contribution < 1.29 is 13.6 Å². The lowest BCUT2D eigenvalue weighted by atomic mass is 10.1. The van der Waals surface area contributed by atoms with Crippen LogP contribution in [0.5, 0.6) is 0 Å². The number of amides is 2. The smallest absolute Gasteiger partial charge is 0.319 e. The molecule has 0 aliphatic rings. The van der Waals surface area contributed by atoms with Gasteiger partial charge in [0.2, 0.25) is 0 Å². The van der Waals surface area contributed by atoms with Crippen LogP contribution in [0.25, 0.3) is 0 Å². The molecular weight excluding hydrogens is 308 g/mol. The fourth-order valence-corrected chi connectivity index (χ4v) is 2.76. The topological polar surface area (TPSA) is 44.4 Å². The van der Waals surface area contributed by atoms with E-state index in [1.165, 1.54) is 0 Å². The predicted octanol–water partition coefficient (Wildman–Crippen LogP) is 3.45. The SMILES string of the molecule is CN(C)[C@@H](CNC(=O)Nc1cc(F)cc(F)c1)c1ccsc1. The van der Waals surface area contributed by atoms with E-state index >= 15 is 0 Å². The van der Waals surface area contributed by atoms with Gasteiger partial charge in [-0.3, -0.25) is 0 Å². The number of carbonyl (C=O) groups is 1. The summed E-state index contributed by atoms with van der Waals surface area (Å²) < 4.78 is 26.1. The molecule has 22 heavy (non-hydrogen) atoms. The second kappa shape index (κ2) is 7.33. The third-order valence-electron chi connectivity index (χ3n) is 3.13. The highest BCUT2D eigenvalue weighted by atomic mass is 32.1. The minimum atomic E-state index is -0.736. The van der Waals surface area contributed by atoms with Crippen molar-refractivity contribution in [3.05, 3.63) is 52.2 Å². The molecule has 2 rings (SSSR count). The van der Waals surface area contributed by atoms with Crippen LogP contribution in [0.15, 0.2) is 35.0 Å². The van der Waals surface area contributed by atoms with Crippen molar-refractivity contribution in [1.29, 1.82) is 0 Å². The Bertz CT molecular complexity index is 611. The van der Waals surface area contributed by atoms with Gasteiger partial charge in [0, 0.05) is 18.3 Å². The second-order valence-electron chi connectivity index (χ2n) is 5.03. The van der Waals surface area contributed by atoms with E-state index in [0.29, 0.717) is 6.54 Å². The van der Waals surface area contributed by atoms with Crippen LogP contribution in [0.3, 0.4) is 0 Å². The molecule has 0 spiro atoms. The van der Waals surface area contributed by atoms with Gasteiger partial charge in [-0.15, -0.1) is 0 Å². The van der Waals surface area contributed by atoms with Gasteiger partial charge in [0.15, 0.2) is 0 Å². The maximum Gasteiger partial charge on any atom is 0.319 e. The van der Waals surface area contributed by atoms with Crippen molar-refractivity contribution in [1.82, 2.24) is 10.2 Å². The summed E-state index contributed by atoms with van der Waals surface area (Å²) in [4.78, 5) is 13.8. The highest BCUT2D eigenvalue weighted by molar-refractivity contribution is 7.07. The number of hydrogen-bond acceptors (Lipinski definition) is 3. The minimum Gasteiger partial charge on any atom is -0.336 e. The number of nitrogens with one attached hydrogen (secondary N) is 2. The molecule has 0 unspecified atom stereocenters. The Morgan fingerprint density at radius 3 is 2.50 bits per heavy atom. The van der Waals surface area contributed by atoms with E-state index in [2.05, 4.69) is 10.6 Å². The Balaban J connectivity index is 1.94. The summed E-state index contributed by atoms with van der Waals surface area (Å²) in [5.41, 5.74) is 1.18. The van der Waals surface area contributed by atoms with Crippen LogP contribution >= 0.6 is 11.3 Å². The molecule has 0 bridgehead atoms. The summed E-state index contributed by atoms with van der Waals surface area (Å²) in [6, 6.07) is 4.39. The summed E-state index contributed by atoms with van der Waals surface area (Å²) in [7, 11) is 3.84. The number of thiophene rings is 1. The summed E-state index contributed by atoms with van der Waals surface area (Å²) >= 11 is 1.59. The molecule has 1 atom stereocenters. The average Bonchev–Trinajstić information content (AvgIpc) is 2.91. The van der Waals surface area contributed by atoms with Crippen molar-refractivity contribution in [2.75, 3.05) is 26.0 Å². The molecule has 0 radical (unpaired) electrons. The van der Waals surface area contributed by atoms with E-state index in [4.69, 9.17) is 0 Å². The van der Waals surface area contributed by atoms with E-state index in [0.717, 1.165) is 23.8 Å². The first-order valence-corrected chi connectivity index (χ1v) is 7.59. The number of halogens is 2. The Morgan fingerprint density at radius 1 is 1.27 bits per heavy atom. The molecule has 1 aromatic heterocycles. The average molecular weight is 325 g/mol. The molecule has 0 fully saturated rings. The van der Waals surface area contributed by atoms with E-state index in [9.17, 15) is 13.6 Å². The maximum absolute atomic E-state index is 13.1. The molecule has 0 saturated carbocycles. The van der Waals surface area contributed by atoms with Gasteiger partial charge in [-0.2, -0.15) is 11.3 Å². The Morgan fingerprint density at radius 2 is 1.95 bits per heavy atom. The number of benzene rings is 1. The summed E-state index contributed by atoms with van der Waals surface area (Å²) in [6.45, 7) is 0.382. The first-order chi connectivity index (χ1) is 10.5. The van der Waals surface area contributed by atoms with Gasteiger partial charge in [0.1, 0.15) is 11.6 Å². The van der Waals surface area contributed by atoms with Crippen molar-refractivity contribution in [3.8, 4) is 0 Å². The first kappa shape index (κ1) is 16.4. The van der Waals surface area contributed by atoms with Gasteiger partial charge >= 0.3 is 6.03 Å². The lowest BCUT2D eigenvalue weighted by Gasteiger charge is -2.24. The van der Waals surface area contributed by atoms with Crippen LogP contribution in [-0.4, -0.2) is 31.6 Å². The quantitative estimate of drug-likeness (QED) is 0.884. The molecule has 2 aromatic rings. The van der Waals surface area contributed by atoms with Crippen LogP contribution in [0, 0.1) is 11.6 Å². The lowest BCUT2D eigenvalue weighted by molar-refractivity contribution is 0.243. The van der Waals surface area contributed by atoms with Crippen molar-refractivity contribution >= 4 is 23.1 Å². The summed E-state index contributed by atoms with van der Waals surface area (Å²) in [5, 5.41) is 9.12. The van der Waals surface area contributed by atoms with E-state index < -0.39 is 17.7 Å². The zero-order valence-corrected chi connectivity index (χ0v) is 13.1. The second-order valence-corrected chi connectivity index (χ2v) is 5.81. The van der Waals surface area contributed by atoms with Gasteiger partial charge in [-0.05, 0) is 48.6 Å². The minimum absolute atomic E-state index is 0.0289. The molecule has 1 heterocycles. The fourth-order valence-electron chi connectivity index (χ4n) is 2.05. The Kier molecular flexibility index (Phi) is 5.46. The molecule has 2 N–H and O–H groups in total. The van der Waals surface area contributed by atoms with Gasteiger partial charge in [0.25, 0.3) is 0 Å². The molecule has 1 aromatic carbocycles. The Hall–Kier alpha value is -1.99. The number of rotatable bonds is 5. The largest absolute Gasteiger partial charge is 0.336 e. The van der Waals surface area contributed by atoms with Crippen molar-refractivity contribution in [3.63, 3.8) is 0 Å². The van der Waals surface area contributed by atoms with Gasteiger partial charge in [0.05, 0.1) is 6.04 Å².